The standard InChI is InChI=1S/C3H10GeO/c1-4(2)5-3/h4H,1-3H3. The summed E-state index contributed by atoms with van der Waals surface area (Å²) in [6, 6.07) is 0. The molecule has 0 aromatic rings. The van der Waals surface area contributed by atoms with Gasteiger partial charge >= 0.3 is 37.1 Å². The van der Waals surface area contributed by atoms with Crippen LogP contribution >= 0.6 is 0 Å². The van der Waals surface area contributed by atoms with Crippen molar-refractivity contribution in [2.24, 2.45) is 0 Å². The Hall–Kier alpha value is 0.503. The van der Waals surface area contributed by atoms with Crippen molar-refractivity contribution in [3.8, 4) is 0 Å². The minimum absolute atomic E-state index is 1.01. The third kappa shape index (κ3) is 4.50. The van der Waals surface area contributed by atoms with Crippen LogP contribution in [0, 0.1) is 0 Å². The molecule has 32 valence electrons. The van der Waals surface area contributed by atoms with Crippen molar-refractivity contribution < 1.29 is 3.76 Å². The van der Waals surface area contributed by atoms with Crippen LogP contribution in [0.2, 0.25) is 11.5 Å². The van der Waals surface area contributed by atoms with Crippen LogP contribution in [0.15, 0.2) is 0 Å². The quantitative estimate of drug-likeness (QED) is 0.478. The summed E-state index contributed by atoms with van der Waals surface area (Å²) in [6.07, 6.45) is 0. The van der Waals surface area contributed by atoms with Crippen molar-refractivity contribution >= 4 is 14.7 Å². The Morgan fingerprint density at radius 1 is 1.40 bits per heavy atom. The molecule has 0 unspecified atom stereocenters. The van der Waals surface area contributed by atoms with Crippen LogP contribution in [0.25, 0.3) is 0 Å². The molecule has 0 aliphatic heterocycles. The van der Waals surface area contributed by atoms with Gasteiger partial charge in [0.1, 0.15) is 0 Å². The van der Waals surface area contributed by atoms with E-state index in [9.17, 15) is 0 Å². The molecule has 0 atom stereocenters. The molecular weight excluding hydrogens is 125 g/mol. The first-order valence-electron chi connectivity index (χ1n) is 1.80. The van der Waals surface area contributed by atoms with Gasteiger partial charge in [0, 0.05) is 0 Å². The summed E-state index contributed by atoms with van der Waals surface area (Å²) in [5.41, 5.74) is 0. The van der Waals surface area contributed by atoms with Gasteiger partial charge in [0.2, 0.25) is 0 Å². The van der Waals surface area contributed by atoms with Crippen molar-refractivity contribution in [1.29, 1.82) is 0 Å². The first-order chi connectivity index (χ1) is 2.27. The summed E-state index contributed by atoms with van der Waals surface area (Å²) in [4.78, 5) is 0. The van der Waals surface area contributed by atoms with E-state index in [0.717, 1.165) is 0 Å². The molecule has 0 rings (SSSR count). The molecule has 0 aromatic heterocycles. The fourth-order valence-corrected chi connectivity index (χ4v) is 0. The molecule has 0 fully saturated rings. The average molecular weight is 135 g/mol. The first kappa shape index (κ1) is 5.50. The third-order valence-electron chi connectivity index (χ3n) is 0.471. The van der Waals surface area contributed by atoms with Gasteiger partial charge in [-0.25, -0.2) is 0 Å². The Labute approximate surface area is 37.8 Å². The molecule has 0 aliphatic carbocycles. The second-order valence-corrected chi connectivity index (χ2v) is 6.67. The van der Waals surface area contributed by atoms with E-state index in [-0.39, 0.29) is 0 Å². The fraction of sp³-hybridized carbons (Fsp3) is 1.00. The number of hydrogen-bond acceptors (Lipinski definition) is 1. The zero-order chi connectivity index (χ0) is 4.28. The van der Waals surface area contributed by atoms with Crippen LogP contribution in [0.1, 0.15) is 0 Å². The van der Waals surface area contributed by atoms with Crippen LogP contribution in [-0.2, 0) is 3.76 Å². The van der Waals surface area contributed by atoms with Gasteiger partial charge in [0.25, 0.3) is 0 Å². The summed E-state index contributed by atoms with van der Waals surface area (Å²) in [6.45, 7) is 0. The molecule has 0 heterocycles. The zero-order valence-corrected chi connectivity index (χ0v) is 6.41. The second-order valence-electron chi connectivity index (χ2n) is 1.28. The third-order valence-corrected chi connectivity index (χ3v) is 2.45. The van der Waals surface area contributed by atoms with Crippen LogP contribution in [0.3, 0.4) is 0 Å². The van der Waals surface area contributed by atoms with Crippen LogP contribution in [0.4, 0.5) is 0 Å². The Morgan fingerprint density at radius 3 is 1.60 bits per heavy atom. The monoisotopic (exact) mass is 136 g/mol. The van der Waals surface area contributed by atoms with E-state index in [0.29, 0.717) is 0 Å². The number of rotatable bonds is 1. The maximum absolute atomic E-state index is 4.94. The Kier molecular flexibility index (Phi) is 3.00. The topological polar surface area (TPSA) is 9.23 Å². The normalized spacial score (nSPS) is 9.60. The van der Waals surface area contributed by atoms with Crippen molar-refractivity contribution in [2.45, 2.75) is 11.5 Å². The van der Waals surface area contributed by atoms with Crippen molar-refractivity contribution in [3.05, 3.63) is 0 Å². The molecule has 0 saturated heterocycles. The summed E-state index contributed by atoms with van der Waals surface area (Å²) in [5.74, 6) is 4.38. The van der Waals surface area contributed by atoms with E-state index < -0.39 is 14.7 Å². The van der Waals surface area contributed by atoms with E-state index in [1.165, 1.54) is 0 Å². The zero-order valence-electron chi connectivity index (χ0n) is 3.99. The molecule has 0 bridgehead atoms. The predicted octanol–water partition coefficient (Wildman–Crippen LogP) is 0.616. The summed E-state index contributed by atoms with van der Waals surface area (Å²) in [7, 11) is 1.78. The van der Waals surface area contributed by atoms with Gasteiger partial charge in [-0.1, -0.05) is 0 Å². The molecule has 1 nitrogen and oxygen atoms in total. The van der Waals surface area contributed by atoms with Gasteiger partial charge < -0.3 is 0 Å². The molecular formula is C3H10GeO. The Balaban J connectivity index is 2.54. The molecule has 0 saturated carbocycles. The van der Waals surface area contributed by atoms with E-state index in [1.54, 1.807) is 7.11 Å². The average Bonchev–Trinajstić information content (AvgIpc) is 1.38. The fourth-order valence-electron chi connectivity index (χ4n) is 0. The van der Waals surface area contributed by atoms with E-state index in [4.69, 9.17) is 3.76 Å². The van der Waals surface area contributed by atoms with Gasteiger partial charge in [-0.05, 0) is 0 Å². The minimum atomic E-state index is -1.01. The van der Waals surface area contributed by atoms with Crippen LogP contribution < -0.4 is 0 Å². The molecule has 0 aromatic carbocycles. The van der Waals surface area contributed by atoms with E-state index in [1.807, 2.05) is 0 Å². The van der Waals surface area contributed by atoms with Crippen molar-refractivity contribution in [2.75, 3.05) is 7.11 Å². The van der Waals surface area contributed by atoms with Gasteiger partial charge in [-0.15, -0.1) is 0 Å². The Morgan fingerprint density at radius 2 is 1.60 bits per heavy atom. The molecule has 0 aliphatic rings. The van der Waals surface area contributed by atoms with Gasteiger partial charge in [-0.2, -0.15) is 0 Å². The molecule has 0 spiro atoms. The van der Waals surface area contributed by atoms with Gasteiger partial charge in [-0.3, -0.25) is 0 Å². The predicted molar refractivity (Wildman–Crippen MR) is 25.9 cm³/mol. The second kappa shape index (κ2) is 2.72. The van der Waals surface area contributed by atoms with Gasteiger partial charge in [0.15, 0.2) is 0 Å². The molecule has 0 amide bonds. The summed E-state index contributed by atoms with van der Waals surface area (Å²) < 4.78 is 4.94. The van der Waals surface area contributed by atoms with Crippen LogP contribution in [-0.4, -0.2) is 21.8 Å². The summed E-state index contributed by atoms with van der Waals surface area (Å²) >= 11 is -1.01. The molecule has 0 N–H and O–H groups in total. The maximum atomic E-state index is 4.94. The summed E-state index contributed by atoms with van der Waals surface area (Å²) in [5, 5.41) is 0. The van der Waals surface area contributed by atoms with Crippen molar-refractivity contribution in [1.82, 2.24) is 0 Å². The molecule has 2 heteroatoms. The van der Waals surface area contributed by atoms with E-state index >= 15 is 0 Å². The van der Waals surface area contributed by atoms with Crippen LogP contribution in [0.5, 0.6) is 0 Å². The first-order valence-corrected chi connectivity index (χ1v) is 7.63. The Bertz CT molecular complexity index is 20.9. The SMILES string of the molecule is C[O][GeH]([CH3])[CH3]. The van der Waals surface area contributed by atoms with Crippen molar-refractivity contribution in [3.63, 3.8) is 0 Å². The van der Waals surface area contributed by atoms with E-state index in [2.05, 4.69) is 11.5 Å². The van der Waals surface area contributed by atoms with Gasteiger partial charge in [0.05, 0.1) is 0 Å². The molecule has 0 radical (unpaired) electrons. The molecule has 5 heavy (non-hydrogen) atoms. The number of hydrogen-bond donors (Lipinski definition) is 0.